The summed E-state index contributed by atoms with van der Waals surface area (Å²) in [6.45, 7) is 6.76. The van der Waals surface area contributed by atoms with Crippen molar-refractivity contribution in [1.82, 2.24) is 9.80 Å². The highest BCUT2D eigenvalue weighted by atomic mass is 16.2. The first-order valence-electron chi connectivity index (χ1n) is 9.64. The lowest BCUT2D eigenvalue weighted by Crippen LogP contribution is -2.38. The molecule has 1 aliphatic heterocycles. The van der Waals surface area contributed by atoms with E-state index in [4.69, 9.17) is 0 Å². The largest absolute Gasteiger partial charge is 0.325 e. The Morgan fingerprint density at radius 1 is 1.11 bits per heavy atom. The zero-order valence-electron chi connectivity index (χ0n) is 16.0. The summed E-state index contributed by atoms with van der Waals surface area (Å²) >= 11 is 0. The molecule has 2 aliphatic rings. The summed E-state index contributed by atoms with van der Waals surface area (Å²) in [6.07, 6.45) is 5.05. The van der Waals surface area contributed by atoms with Crippen LogP contribution >= 0.6 is 0 Å². The average molecular weight is 369 g/mol. The molecule has 2 unspecified atom stereocenters. The molecule has 6 heteroatoms. The molecule has 1 saturated heterocycles. The number of nitrogens with zero attached hydrogens (tertiary/aromatic N) is 2. The Morgan fingerprint density at radius 3 is 2.33 bits per heavy atom. The number of likely N-dealkylation sites (tertiary alicyclic amines) is 1. The van der Waals surface area contributed by atoms with E-state index in [2.05, 4.69) is 24.1 Å². The molecule has 144 valence electrons. The minimum Gasteiger partial charge on any atom is -0.325 e. The number of fused-ring (bicyclic) bond motifs is 1. The van der Waals surface area contributed by atoms with Crippen molar-refractivity contribution in [3.05, 3.63) is 42.0 Å². The number of carbonyl (C=O) groups excluding carboxylic acids is 3. The molecule has 1 aromatic carbocycles. The Morgan fingerprint density at radius 2 is 1.74 bits per heavy atom. The summed E-state index contributed by atoms with van der Waals surface area (Å²) in [4.78, 5) is 40.8. The summed E-state index contributed by atoms with van der Waals surface area (Å²) in [5, 5.41) is 2.82. The number of hydrogen-bond acceptors (Lipinski definition) is 4. The first-order valence-corrected chi connectivity index (χ1v) is 9.64. The number of rotatable bonds is 7. The van der Waals surface area contributed by atoms with Crippen LogP contribution in [0.3, 0.4) is 0 Å². The van der Waals surface area contributed by atoms with E-state index in [-0.39, 0.29) is 36.1 Å². The SMILES string of the molecule is CCN(CC)Cc1cccc(NC(=O)CN2C(=O)C3CC=CCC3C2=O)c1. The van der Waals surface area contributed by atoms with Crippen molar-refractivity contribution in [3.8, 4) is 0 Å². The molecule has 1 aliphatic carbocycles. The molecule has 0 radical (unpaired) electrons. The van der Waals surface area contributed by atoms with Crippen molar-refractivity contribution in [2.24, 2.45) is 11.8 Å². The second kappa shape index (κ2) is 8.48. The van der Waals surface area contributed by atoms with Crippen molar-refractivity contribution in [2.75, 3.05) is 25.0 Å². The Bertz CT molecular complexity index is 729. The molecule has 6 nitrogen and oxygen atoms in total. The maximum atomic E-state index is 12.5. The predicted octanol–water partition coefficient (Wildman–Crippen LogP) is 2.42. The van der Waals surface area contributed by atoms with Crippen LogP contribution in [0, 0.1) is 11.8 Å². The van der Waals surface area contributed by atoms with Crippen LogP contribution in [0.15, 0.2) is 36.4 Å². The van der Waals surface area contributed by atoms with Gasteiger partial charge in [-0.2, -0.15) is 0 Å². The first kappa shape index (κ1) is 19.3. The topological polar surface area (TPSA) is 69.7 Å². The number of allylic oxidation sites excluding steroid dienone is 2. The van der Waals surface area contributed by atoms with E-state index in [1.165, 1.54) is 0 Å². The first-order chi connectivity index (χ1) is 13.0. The zero-order valence-corrected chi connectivity index (χ0v) is 16.0. The maximum absolute atomic E-state index is 12.5. The van der Waals surface area contributed by atoms with Crippen molar-refractivity contribution in [3.63, 3.8) is 0 Å². The molecule has 3 amide bonds. The molecular formula is C21H27N3O3. The van der Waals surface area contributed by atoms with Crippen LogP contribution < -0.4 is 5.32 Å². The number of hydrogen-bond donors (Lipinski definition) is 1. The van der Waals surface area contributed by atoms with Crippen LogP contribution in [0.1, 0.15) is 32.3 Å². The van der Waals surface area contributed by atoms with Gasteiger partial charge < -0.3 is 5.32 Å². The van der Waals surface area contributed by atoms with Gasteiger partial charge in [-0.1, -0.05) is 38.1 Å². The molecule has 0 spiro atoms. The van der Waals surface area contributed by atoms with Gasteiger partial charge in [-0.15, -0.1) is 0 Å². The number of benzene rings is 1. The van der Waals surface area contributed by atoms with Gasteiger partial charge in [-0.3, -0.25) is 24.2 Å². The highest BCUT2D eigenvalue weighted by Gasteiger charge is 2.47. The molecule has 0 saturated carbocycles. The summed E-state index contributed by atoms with van der Waals surface area (Å²) in [5.74, 6) is -1.39. The van der Waals surface area contributed by atoms with E-state index in [1.807, 2.05) is 36.4 Å². The fourth-order valence-corrected chi connectivity index (χ4v) is 3.82. The van der Waals surface area contributed by atoms with Gasteiger partial charge in [0.15, 0.2) is 0 Å². The number of anilines is 1. The standard InChI is InChI=1S/C21H27N3O3/c1-3-23(4-2)13-15-8-7-9-16(12-15)22-19(25)14-24-20(26)17-10-5-6-11-18(17)21(24)27/h5-9,12,17-18H,3-4,10-11,13-14H2,1-2H3,(H,22,25). The van der Waals surface area contributed by atoms with Gasteiger partial charge in [-0.25, -0.2) is 0 Å². The van der Waals surface area contributed by atoms with E-state index in [1.54, 1.807) is 0 Å². The van der Waals surface area contributed by atoms with Crippen LogP contribution in [-0.4, -0.2) is 47.2 Å². The lowest BCUT2D eigenvalue weighted by molar-refractivity contribution is -0.142. The molecular weight excluding hydrogens is 342 g/mol. The number of nitrogens with one attached hydrogen (secondary N) is 1. The highest BCUT2D eigenvalue weighted by molar-refractivity contribution is 6.08. The van der Waals surface area contributed by atoms with Crippen LogP contribution in [-0.2, 0) is 20.9 Å². The number of imide groups is 1. The van der Waals surface area contributed by atoms with Crippen LogP contribution in [0.2, 0.25) is 0 Å². The highest BCUT2D eigenvalue weighted by Crippen LogP contribution is 2.34. The van der Waals surface area contributed by atoms with E-state index >= 15 is 0 Å². The minimum absolute atomic E-state index is 0.217. The van der Waals surface area contributed by atoms with Gasteiger partial charge in [-0.05, 0) is 43.6 Å². The van der Waals surface area contributed by atoms with Gasteiger partial charge in [0.25, 0.3) is 0 Å². The maximum Gasteiger partial charge on any atom is 0.244 e. The summed E-state index contributed by atoms with van der Waals surface area (Å²) < 4.78 is 0. The average Bonchev–Trinajstić information content (AvgIpc) is 2.91. The van der Waals surface area contributed by atoms with Crippen LogP contribution in [0.4, 0.5) is 5.69 Å². The molecule has 1 fully saturated rings. The summed E-state index contributed by atoms with van der Waals surface area (Å²) in [7, 11) is 0. The Balaban J connectivity index is 1.61. The van der Waals surface area contributed by atoms with Crippen LogP contribution in [0.5, 0.6) is 0 Å². The molecule has 3 rings (SSSR count). The monoisotopic (exact) mass is 369 g/mol. The minimum atomic E-state index is -0.344. The van der Waals surface area contributed by atoms with Gasteiger partial charge in [0.2, 0.25) is 17.7 Å². The normalized spacial score (nSPS) is 21.7. The fourth-order valence-electron chi connectivity index (χ4n) is 3.82. The quantitative estimate of drug-likeness (QED) is 0.592. The zero-order chi connectivity index (χ0) is 19.4. The third-order valence-corrected chi connectivity index (χ3v) is 5.41. The molecule has 1 aromatic rings. The van der Waals surface area contributed by atoms with Crippen molar-refractivity contribution >= 4 is 23.4 Å². The molecule has 1 N–H and O–H groups in total. The number of carbonyl (C=O) groups is 3. The Labute approximate surface area is 160 Å². The number of amides is 3. The van der Waals surface area contributed by atoms with E-state index in [0.29, 0.717) is 18.5 Å². The molecule has 1 heterocycles. The molecule has 27 heavy (non-hydrogen) atoms. The third-order valence-electron chi connectivity index (χ3n) is 5.41. The fraction of sp³-hybridized carbons (Fsp3) is 0.476. The van der Waals surface area contributed by atoms with Gasteiger partial charge in [0, 0.05) is 12.2 Å². The Hall–Kier alpha value is -2.47. The van der Waals surface area contributed by atoms with Gasteiger partial charge in [0.05, 0.1) is 11.8 Å². The van der Waals surface area contributed by atoms with E-state index in [9.17, 15) is 14.4 Å². The van der Waals surface area contributed by atoms with E-state index in [0.717, 1.165) is 30.1 Å². The van der Waals surface area contributed by atoms with Crippen LogP contribution in [0.25, 0.3) is 0 Å². The molecule has 0 aromatic heterocycles. The summed E-state index contributed by atoms with van der Waals surface area (Å²) in [5.41, 5.74) is 1.80. The lowest BCUT2D eigenvalue weighted by atomic mass is 9.85. The smallest absolute Gasteiger partial charge is 0.244 e. The van der Waals surface area contributed by atoms with E-state index < -0.39 is 0 Å². The van der Waals surface area contributed by atoms with Gasteiger partial charge >= 0.3 is 0 Å². The lowest BCUT2D eigenvalue weighted by Gasteiger charge is -2.19. The van der Waals surface area contributed by atoms with Crippen molar-refractivity contribution < 1.29 is 14.4 Å². The second-order valence-electron chi connectivity index (χ2n) is 7.13. The molecule has 0 bridgehead atoms. The predicted molar refractivity (Wildman–Crippen MR) is 104 cm³/mol. The summed E-state index contributed by atoms with van der Waals surface area (Å²) in [6, 6.07) is 7.69. The second-order valence-corrected chi connectivity index (χ2v) is 7.13. The Kier molecular flexibility index (Phi) is 6.06. The van der Waals surface area contributed by atoms with Crippen molar-refractivity contribution in [1.29, 1.82) is 0 Å². The third kappa shape index (κ3) is 4.27. The van der Waals surface area contributed by atoms with Crippen molar-refractivity contribution in [2.45, 2.75) is 33.2 Å². The molecule has 2 atom stereocenters. The van der Waals surface area contributed by atoms with Gasteiger partial charge in [0.1, 0.15) is 6.54 Å².